The Labute approximate surface area is 160 Å². The van der Waals surface area contributed by atoms with Crippen molar-refractivity contribution in [1.29, 1.82) is 0 Å². The molecule has 0 radical (unpaired) electrons. The Hall–Kier alpha value is -2.70. The van der Waals surface area contributed by atoms with Crippen LogP contribution in [0.15, 0.2) is 24.4 Å². The van der Waals surface area contributed by atoms with E-state index in [9.17, 15) is 9.59 Å². The fourth-order valence-electron chi connectivity index (χ4n) is 3.09. The summed E-state index contributed by atoms with van der Waals surface area (Å²) in [4.78, 5) is 31.0. The van der Waals surface area contributed by atoms with E-state index in [1.807, 2.05) is 47.6 Å². The Morgan fingerprint density at radius 3 is 2.15 bits per heavy atom. The average Bonchev–Trinajstić information content (AvgIpc) is 2.92. The van der Waals surface area contributed by atoms with Gasteiger partial charge in [-0.15, -0.1) is 0 Å². The van der Waals surface area contributed by atoms with Crippen LogP contribution in [0.2, 0.25) is 0 Å². The van der Waals surface area contributed by atoms with E-state index in [1.54, 1.807) is 28.6 Å². The van der Waals surface area contributed by atoms with E-state index >= 15 is 0 Å². The fraction of sp³-hybridized carbons (Fsp3) is 0.500. The second-order valence-electron chi connectivity index (χ2n) is 7.22. The summed E-state index contributed by atoms with van der Waals surface area (Å²) >= 11 is 0. The summed E-state index contributed by atoms with van der Waals surface area (Å²) in [5.74, 6) is -0.164. The third-order valence-electron chi connectivity index (χ3n) is 4.21. The van der Waals surface area contributed by atoms with Crippen LogP contribution < -0.4 is 0 Å². The largest absolute Gasteiger partial charge is 0.449 e. The standard InChI is InChI=1S/C20H28N4O3/c1-12(2)23(13(3)4)19(25)16(7)27-20(26)17-8-9-18(21-11-17)24-15(6)10-14(5)22-24/h8-13,16H,1-7H3. The first kappa shape index (κ1) is 20.6. The smallest absolute Gasteiger partial charge is 0.340 e. The van der Waals surface area contributed by atoms with E-state index in [0.717, 1.165) is 11.4 Å². The molecule has 1 atom stereocenters. The van der Waals surface area contributed by atoms with Gasteiger partial charge < -0.3 is 9.64 Å². The quantitative estimate of drug-likeness (QED) is 0.728. The maximum atomic E-state index is 12.6. The molecule has 0 fully saturated rings. The summed E-state index contributed by atoms with van der Waals surface area (Å²) in [5, 5.41) is 4.37. The van der Waals surface area contributed by atoms with Crippen molar-refractivity contribution in [2.24, 2.45) is 0 Å². The maximum Gasteiger partial charge on any atom is 0.340 e. The van der Waals surface area contributed by atoms with Gasteiger partial charge >= 0.3 is 5.97 Å². The molecule has 0 N–H and O–H groups in total. The zero-order chi connectivity index (χ0) is 20.3. The first-order valence-corrected chi connectivity index (χ1v) is 9.14. The van der Waals surface area contributed by atoms with Gasteiger partial charge in [0.25, 0.3) is 5.91 Å². The van der Waals surface area contributed by atoms with Crippen LogP contribution in [0, 0.1) is 13.8 Å². The lowest BCUT2D eigenvalue weighted by molar-refractivity contribution is -0.143. The highest BCUT2D eigenvalue weighted by Gasteiger charge is 2.28. The maximum absolute atomic E-state index is 12.6. The molecule has 146 valence electrons. The Kier molecular flexibility index (Phi) is 6.36. The lowest BCUT2D eigenvalue weighted by atomic mass is 10.2. The van der Waals surface area contributed by atoms with Crippen molar-refractivity contribution >= 4 is 11.9 Å². The van der Waals surface area contributed by atoms with Crippen LogP contribution in [0.5, 0.6) is 0 Å². The number of aryl methyl sites for hydroxylation is 2. The molecule has 0 aliphatic heterocycles. The molecule has 2 aromatic heterocycles. The summed E-state index contributed by atoms with van der Waals surface area (Å²) in [6, 6.07) is 5.34. The van der Waals surface area contributed by atoms with Crippen LogP contribution in [0.25, 0.3) is 5.82 Å². The number of aromatic nitrogens is 3. The molecular weight excluding hydrogens is 344 g/mol. The molecule has 0 saturated heterocycles. The number of hydrogen-bond acceptors (Lipinski definition) is 5. The molecule has 0 saturated carbocycles. The molecule has 27 heavy (non-hydrogen) atoms. The molecule has 0 aliphatic carbocycles. The highest BCUT2D eigenvalue weighted by molar-refractivity contribution is 5.92. The number of rotatable bonds is 6. The summed E-state index contributed by atoms with van der Waals surface area (Å²) in [5.41, 5.74) is 2.14. The molecule has 7 nitrogen and oxygen atoms in total. The Morgan fingerprint density at radius 2 is 1.70 bits per heavy atom. The third-order valence-corrected chi connectivity index (χ3v) is 4.21. The Morgan fingerprint density at radius 1 is 1.07 bits per heavy atom. The number of carbonyl (C=O) groups is 2. The van der Waals surface area contributed by atoms with E-state index in [1.165, 1.54) is 6.20 Å². The number of amides is 1. The molecule has 0 aliphatic rings. The Balaban J connectivity index is 2.09. The van der Waals surface area contributed by atoms with Crippen molar-refractivity contribution in [1.82, 2.24) is 19.7 Å². The van der Waals surface area contributed by atoms with Gasteiger partial charge in [-0.1, -0.05) is 0 Å². The van der Waals surface area contributed by atoms with Crippen LogP contribution in [0.3, 0.4) is 0 Å². The molecule has 1 amide bonds. The lowest BCUT2D eigenvalue weighted by Gasteiger charge is -2.32. The number of hydrogen-bond donors (Lipinski definition) is 0. The van der Waals surface area contributed by atoms with Crippen molar-refractivity contribution < 1.29 is 14.3 Å². The highest BCUT2D eigenvalue weighted by Crippen LogP contribution is 2.13. The van der Waals surface area contributed by atoms with Gasteiger partial charge in [-0.05, 0) is 66.7 Å². The van der Waals surface area contributed by atoms with E-state index < -0.39 is 12.1 Å². The molecule has 2 heterocycles. The van der Waals surface area contributed by atoms with Gasteiger partial charge in [-0.2, -0.15) is 5.10 Å². The molecule has 1 unspecified atom stereocenters. The zero-order valence-corrected chi connectivity index (χ0v) is 17.1. The van der Waals surface area contributed by atoms with Crippen LogP contribution in [0.1, 0.15) is 56.4 Å². The number of pyridine rings is 1. The van der Waals surface area contributed by atoms with Crippen molar-refractivity contribution in [2.45, 2.75) is 66.7 Å². The fourth-order valence-corrected chi connectivity index (χ4v) is 3.09. The van der Waals surface area contributed by atoms with Crippen molar-refractivity contribution in [3.63, 3.8) is 0 Å². The normalized spacial score (nSPS) is 12.3. The van der Waals surface area contributed by atoms with E-state index in [4.69, 9.17) is 4.74 Å². The van der Waals surface area contributed by atoms with Gasteiger partial charge in [-0.25, -0.2) is 14.5 Å². The minimum Gasteiger partial charge on any atom is -0.449 e. The monoisotopic (exact) mass is 372 g/mol. The molecule has 0 bridgehead atoms. The minimum absolute atomic E-state index is 0.0281. The topological polar surface area (TPSA) is 77.3 Å². The first-order valence-electron chi connectivity index (χ1n) is 9.14. The predicted octanol–water partition coefficient (Wildman–Crippen LogP) is 3.07. The molecular formula is C20H28N4O3. The van der Waals surface area contributed by atoms with Crippen LogP contribution in [-0.2, 0) is 9.53 Å². The predicted molar refractivity (Wildman–Crippen MR) is 103 cm³/mol. The summed E-state index contributed by atoms with van der Waals surface area (Å²) in [6.07, 6.45) is 0.575. The molecule has 0 aromatic carbocycles. The van der Waals surface area contributed by atoms with Crippen LogP contribution in [0.4, 0.5) is 0 Å². The van der Waals surface area contributed by atoms with Gasteiger partial charge in [0.1, 0.15) is 0 Å². The molecule has 2 rings (SSSR count). The van der Waals surface area contributed by atoms with E-state index in [0.29, 0.717) is 11.4 Å². The van der Waals surface area contributed by atoms with Crippen LogP contribution >= 0.6 is 0 Å². The SMILES string of the molecule is Cc1cc(C)n(-c2ccc(C(=O)OC(C)C(=O)N(C(C)C)C(C)C)cn2)n1. The first-order chi connectivity index (χ1) is 12.6. The van der Waals surface area contributed by atoms with Gasteiger partial charge in [-0.3, -0.25) is 4.79 Å². The number of carbonyl (C=O) groups excluding carboxylic acids is 2. The number of ether oxygens (including phenoxy) is 1. The second-order valence-corrected chi connectivity index (χ2v) is 7.22. The summed E-state index contributed by atoms with van der Waals surface area (Å²) in [6.45, 7) is 13.2. The number of nitrogens with zero attached hydrogens (tertiary/aromatic N) is 4. The average molecular weight is 372 g/mol. The minimum atomic E-state index is -0.863. The van der Waals surface area contributed by atoms with E-state index in [2.05, 4.69) is 10.1 Å². The Bertz CT molecular complexity index is 801. The van der Waals surface area contributed by atoms with Gasteiger partial charge in [0.2, 0.25) is 0 Å². The third kappa shape index (κ3) is 4.72. The van der Waals surface area contributed by atoms with Crippen molar-refractivity contribution in [3.05, 3.63) is 41.3 Å². The second kappa shape index (κ2) is 8.33. The lowest BCUT2D eigenvalue weighted by Crippen LogP contribution is -2.47. The summed E-state index contributed by atoms with van der Waals surface area (Å²) in [7, 11) is 0. The zero-order valence-electron chi connectivity index (χ0n) is 17.1. The highest BCUT2D eigenvalue weighted by atomic mass is 16.5. The van der Waals surface area contributed by atoms with Gasteiger partial charge in [0.15, 0.2) is 11.9 Å². The van der Waals surface area contributed by atoms with Crippen LogP contribution in [-0.4, -0.2) is 49.7 Å². The molecule has 0 spiro atoms. The van der Waals surface area contributed by atoms with E-state index in [-0.39, 0.29) is 18.0 Å². The molecule has 2 aromatic rings. The molecule has 7 heteroatoms. The number of esters is 1. The van der Waals surface area contributed by atoms with Crippen molar-refractivity contribution in [3.8, 4) is 5.82 Å². The van der Waals surface area contributed by atoms with Gasteiger partial charge in [0.05, 0.1) is 11.3 Å². The van der Waals surface area contributed by atoms with Gasteiger partial charge in [0, 0.05) is 24.0 Å². The summed E-state index contributed by atoms with van der Waals surface area (Å²) < 4.78 is 7.07. The van der Waals surface area contributed by atoms with Crippen molar-refractivity contribution in [2.75, 3.05) is 0 Å².